The van der Waals surface area contributed by atoms with E-state index < -0.39 is 14.4 Å². The van der Waals surface area contributed by atoms with Crippen molar-refractivity contribution in [1.82, 2.24) is 4.90 Å². The molecule has 0 radical (unpaired) electrons. The van der Waals surface area contributed by atoms with Crippen LogP contribution in [0.4, 0.5) is 4.79 Å². The summed E-state index contributed by atoms with van der Waals surface area (Å²) in [5.74, 6) is 0.964. The molecular formula is C13H25NO3Si. The Morgan fingerprint density at radius 2 is 2.00 bits per heavy atom. The number of amides is 1. The molecule has 104 valence electrons. The fraction of sp³-hybridized carbons (Fsp3) is 0.769. The molecule has 1 aliphatic heterocycles. The van der Waals surface area contributed by atoms with Crippen molar-refractivity contribution >= 4 is 14.4 Å². The van der Waals surface area contributed by atoms with Crippen molar-refractivity contribution in [2.75, 3.05) is 6.54 Å². The Kier molecular flexibility index (Phi) is 4.15. The van der Waals surface area contributed by atoms with Gasteiger partial charge >= 0.3 is 6.09 Å². The first kappa shape index (κ1) is 15.1. The van der Waals surface area contributed by atoms with Gasteiger partial charge in [0, 0.05) is 19.0 Å². The van der Waals surface area contributed by atoms with Crippen LogP contribution in [0.25, 0.3) is 0 Å². The predicted octanol–water partition coefficient (Wildman–Crippen LogP) is 3.52. The van der Waals surface area contributed by atoms with E-state index in [0.717, 1.165) is 5.76 Å². The van der Waals surface area contributed by atoms with E-state index in [9.17, 15) is 9.90 Å². The Morgan fingerprint density at radius 1 is 1.44 bits per heavy atom. The summed E-state index contributed by atoms with van der Waals surface area (Å²) < 4.78 is 6.01. The normalized spacial score (nSPS) is 21.6. The number of carboxylic acid groups (broad SMARTS) is 1. The summed E-state index contributed by atoms with van der Waals surface area (Å²) in [4.78, 5) is 12.8. The van der Waals surface area contributed by atoms with Gasteiger partial charge in [-0.15, -0.1) is 0 Å². The summed E-state index contributed by atoms with van der Waals surface area (Å²) in [7, 11) is -1.62. The smallest absolute Gasteiger partial charge is 0.407 e. The molecule has 0 spiro atoms. The van der Waals surface area contributed by atoms with Crippen LogP contribution in [0, 0.1) is 5.41 Å². The van der Waals surface area contributed by atoms with E-state index in [1.165, 1.54) is 4.90 Å². The molecule has 0 aliphatic carbocycles. The Hall–Kier alpha value is -0.973. The van der Waals surface area contributed by atoms with Crippen LogP contribution in [0.1, 0.15) is 27.2 Å². The molecule has 0 saturated carbocycles. The van der Waals surface area contributed by atoms with Crippen molar-refractivity contribution in [1.29, 1.82) is 0 Å². The third-order valence-corrected chi connectivity index (χ3v) is 3.84. The van der Waals surface area contributed by atoms with Gasteiger partial charge in [-0.2, -0.15) is 0 Å². The molecule has 1 unspecified atom stereocenters. The van der Waals surface area contributed by atoms with Crippen molar-refractivity contribution in [3.05, 3.63) is 11.8 Å². The lowest BCUT2D eigenvalue weighted by molar-refractivity contribution is 0.0770. The molecule has 0 aromatic rings. The second kappa shape index (κ2) is 4.95. The number of hydrogen-bond acceptors (Lipinski definition) is 2. The predicted molar refractivity (Wildman–Crippen MR) is 75.1 cm³/mol. The van der Waals surface area contributed by atoms with Crippen molar-refractivity contribution in [2.45, 2.75) is 52.9 Å². The van der Waals surface area contributed by atoms with E-state index in [-0.39, 0.29) is 11.5 Å². The SMILES string of the molecule is CC(C)(C)C1CC(O[Si](C)(C)C)=CCN1C(=O)O. The molecule has 1 heterocycles. The molecule has 1 atom stereocenters. The molecule has 1 aliphatic rings. The third kappa shape index (κ3) is 4.05. The van der Waals surface area contributed by atoms with Crippen LogP contribution in [-0.4, -0.2) is 37.0 Å². The highest BCUT2D eigenvalue weighted by Gasteiger charge is 2.37. The van der Waals surface area contributed by atoms with E-state index in [1.807, 2.05) is 6.08 Å². The minimum Gasteiger partial charge on any atom is -0.547 e. The van der Waals surface area contributed by atoms with Gasteiger partial charge in [0.05, 0.1) is 5.76 Å². The molecule has 0 aromatic carbocycles. The molecule has 1 rings (SSSR count). The van der Waals surface area contributed by atoms with Crippen LogP contribution in [0.5, 0.6) is 0 Å². The van der Waals surface area contributed by atoms with Gasteiger partial charge in [-0.3, -0.25) is 0 Å². The van der Waals surface area contributed by atoms with E-state index in [4.69, 9.17) is 4.43 Å². The first-order chi connectivity index (χ1) is 8.00. The summed E-state index contributed by atoms with van der Waals surface area (Å²) >= 11 is 0. The first-order valence-electron chi connectivity index (χ1n) is 6.38. The molecule has 5 heteroatoms. The number of hydrogen-bond donors (Lipinski definition) is 1. The minimum atomic E-state index is -1.62. The standard InChI is InChI=1S/C13H25NO3Si/c1-13(2,3)11-9-10(17-18(4,5)6)7-8-14(11)12(15)16/h7,11H,8-9H2,1-6H3,(H,15,16). The summed E-state index contributed by atoms with van der Waals surface area (Å²) in [5, 5.41) is 9.26. The van der Waals surface area contributed by atoms with E-state index in [2.05, 4.69) is 40.4 Å². The molecule has 0 saturated heterocycles. The highest BCUT2D eigenvalue weighted by atomic mass is 28.4. The number of nitrogens with zero attached hydrogens (tertiary/aromatic N) is 1. The van der Waals surface area contributed by atoms with Crippen molar-refractivity contribution in [3.63, 3.8) is 0 Å². The zero-order chi connectivity index (χ0) is 14.1. The largest absolute Gasteiger partial charge is 0.547 e. The van der Waals surface area contributed by atoms with E-state index >= 15 is 0 Å². The summed E-state index contributed by atoms with van der Waals surface area (Å²) in [6.07, 6.45) is 1.74. The highest BCUT2D eigenvalue weighted by molar-refractivity contribution is 6.70. The molecule has 1 N–H and O–H groups in total. The van der Waals surface area contributed by atoms with Crippen LogP contribution in [-0.2, 0) is 4.43 Å². The Balaban J connectivity index is 2.89. The van der Waals surface area contributed by atoms with Gasteiger partial charge in [-0.25, -0.2) is 4.79 Å². The van der Waals surface area contributed by atoms with Gasteiger partial charge < -0.3 is 14.4 Å². The van der Waals surface area contributed by atoms with Crippen LogP contribution in [0.3, 0.4) is 0 Å². The second-order valence-corrected chi connectivity index (χ2v) is 11.3. The van der Waals surface area contributed by atoms with Gasteiger partial charge in [0.25, 0.3) is 0 Å². The molecule has 0 aromatic heterocycles. The Morgan fingerprint density at radius 3 is 2.39 bits per heavy atom. The van der Waals surface area contributed by atoms with Crippen molar-refractivity contribution < 1.29 is 14.3 Å². The zero-order valence-electron chi connectivity index (χ0n) is 12.3. The summed E-state index contributed by atoms with van der Waals surface area (Å²) in [6.45, 7) is 13.1. The summed E-state index contributed by atoms with van der Waals surface area (Å²) in [5.41, 5.74) is -0.0826. The molecular weight excluding hydrogens is 246 g/mol. The maximum Gasteiger partial charge on any atom is 0.407 e. The fourth-order valence-electron chi connectivity index (χ4n) is 2.17. The van der Waals surface area contributed by atoms with Crippen LogP contribution < -0.4 is 0 Å². The maximum absolute atomic E-state index is 11.3. The molecule has 0 fully saturated rings. The van der Waals surface area contributed by atoms with Crippen LogP contribution in [0.2, 0.25) is 19.6 Å². The van der Waals surface area contributed by atoms with E-state index in [1.54, 1.807) is 0 Å². The lowest BCUT2D eigenvalue weighted by Crippen LogP contribution is -2.49. The minimum absolute atomic E-state index is 0.0219. The quantitative estimate of drug-likeness (QED) is 0.782. The molecule has 18 heavy (non-hydrogen) atoms. The zero-order valence-corrected chi connectivity index (χ0v) is 13.3. The first-order valence-corrected chi connectivity index (χ1v) is 9.79. The molecule has 4 nitrogen and oxygen atoms in total. The maximum atomic E-state index is 11.3. The van der Waals surface area contributed by atoms with Crippen molar-refractivity contribution in [3.8, 4) is 0 Å². The average Bonchev–Trinajstić information content (AvgIpc) is 2.13. The number of carbonyl (C=O) groups is 1. The number of rotatable bonds is 2. The van der Waals surface area contributed by atoms with Gasteiger partial charge in [0.15, 0.2) is 0 Å². The third-order valence-electron chi connectivity index (χ3n) is 2.97. The van der Waals surface area contributed by atoms with Crippen LogP contribution >= 0.6 is 0 Å². The van der Waals surface area contributed by atoms with Gasteiger partial charge in [-0.05, 0) is 31.1 Å². The Labute approximate surface area is 111 Å². The highest BCUT2D eigenvalue weighted by Crippen LogP contribution is 2.33. The van der Waals surface area contributed by atoms with E-state index in [0.29, 0.717) is 13.0 Å². The molecule has 0 bridgehead atoms. The van der Waals surface area contributed by atoms with Crippen LogP contribution in [0.15, 0.2) is 11.8 Å². The topological polar surface area (TPSA) is 49.8 Å². The Bertz CT molecular complexity index is 352. The lowest BCUT2D eigenvalue weighted by atomic mass is 9.82. The van der Waals surface area contributed by atoms with Gasteiger partial charge in [-0.1, -0.05) is 20.8 Å². The monoisotopic (exact) mass is 271 g/mol. The van der Waals surface area contributed by atoms with Crippen molar-refractivity contribution in [2.24, 2.45) is 5.41 Å². The summed E-state index contributed by atoms with van der Waals surface area (Å²) in [6, 6.07) is -0.0219. The lowest BCUT2D eigenvalue weighted by Gasteiger charge is -2.42. The molecule has 1 amide bonds. The van der Waals surface area contributed by atoms with Gasteiger partial charge in [0.1, 0.15) is 0 Å². The second-order valence-electron chi connectivity index (χ2n) is 6.91. The van der Waals surface area contributed by atoms with Gasteiger partial charge in [0.2, 0.25) is 8.32 Å². The fourth-order valence-corrected chi connectivity index (χ4v) is 3.13. The average molecular weight is 271 g/mol.